The number of anilines is 1. The molecule has 2 aromatic carbocycles. The molecule has 3 rings (SSSR count). The third kappa shape index (κ3) is 7.48. The summed E-state index contributed by atoms with van der Waals surface area (Å²) in [6.45, 7) is 5.12. The minimum absolute atomic E-state index is 0.0130. The molecule has 1 aliphatic rings. The Morgan fingerprint density at radius 1 is 1.12 bits per heavy atom. The number of carbonyl (C=O) groups is 2. The van der Waals surface area contributed by atoms with Crippen LogP contribution in [0.4, 0.5) is 10.1 Å². The molecule has 1 heterocycles. The van der Waals surface area contributed by atoms with Crippen LogP contribution < -0.4 is 10.6 Å². The molecule has 0 radical (unpaired) electrons. The normalized spacial score (nSPS) is 16.2. The molecule has 2 aromatic rings. The van der Waals surface area contributed by atoms with Crippen molar-refractivity contribution in [1.29, 1.82) is 0 Å². The second-order valence-corrected chi connectivity index (χ2v) is 9.23. The molecule has 0 saturated carbocycles. The molecule has 1 fully saturated rings. The van der Waals surface area contributed by atoms with E-state index in [2.05, 4.69) is 15.5 Å². The summed E-state index contributed by atoms with van der Waals surface area (Å²) in [6, 6.07) is 13.2. The molecule has 2 unspecified atom stereocenters. The monoisotopic (exact) mass is 479 g/mol. The molecular formula is C23H27ClFN3O3S. The van der Waals surface area contributed by atoms with Crippen LogP contribution in [0.3, 0.4) is 0 Å². The number of ether oxygens (including phenoxy) is 1. The Morgan fingerprint density at radius 2 is 1.78 bits per heavy atom. The fourth-order valence-electron chi connectivity index (χ4n) is 3.38. The fourth-order valence-corrected chi connectivity index (χ4v) is 4.21. The van der Waals surface area contributed by atoms with E-state index in [9.17, 15) is 14.0 Å². The molecule has 2 atom stereocenters. The average Bonchev–Trinajstić information content (AvgIpc) is 2.81. The van der Waals surface area contributed by atoms with Gasteiger partial charge in [0.25, 0.3) is 0 Å². The SMILES string of the molecule is CC(SCC(=O)Nc1ccc(F)cc1)C(=O)NCC(c1ccc(Cl)cc1)N1CCOCC1. The molecule has 1 saturated heterocycles. The minimum atomic E-state index is -0.399. The van der Waals surface area contributed by atoms with E-state index < -0.39 is 5.25 Å². The molecule has 2 amide bonds. The van der Waals surface area contributed by atoms with Crippen molar-refractivity contribution >= 4 is 40.9 Å². The second kappa shape index (κ2) is 12.2. The van der Waals surface area contributed by atoms with E-state index in [0.717, 1.165) is 18.7 Å². The maximum atomic E-state index is 13.0. The molecule has 32 heavy (non-hydrogen) atoms. The van der Waals surface area contributed by atoms with Gasteiger partial charge in [0, 0.05) is 30.3 Å². The number of benzene rings is 2. The van der Waals surface area contributed by atoms with E-state index in [-0.39, 0.29) is 29.4 Å². The second-order valence-electron chi connectivity index (χ2n) is 7.47. The van der Waals surface area contributed by atoms with Gasteiger partial charge in [-0.1, -0.05) is 23.7 Å². The van der Waals surface area contributed by atoms with Gasteiger partial charge in [-0.3, -0.25) is 14.5 Å². The highest BCUT2D eigenvalue weighted by Gasteiger charge is 2.24. The smallest absolute Gasteiger partial charge is 0.234 e. The number of halogens is 2. The lowest BCUT2D eigenvalue weighted by molar-refractivity contribution is -0.120. The number of thioether (sulfide) groups is 1. The molecular weight excluding hydrogens is 453 g/mol. The van der Waals surface area contributed by atoms with Crippen LogP contribution in [0.25, 0.3) is 0 Å². The van der Waals surface area contributed by atoms with Crippen molar-refractivity contribution in [3.8, 4) is 0 Å². The third-order valence-electron chi connectivity index (χ3n) is 5.17. The van der Waals surface area contributed by atoms with Crippen LogP contribution in [0.15, 0.2) is 48.5 Å². The summed E-state index contributed by atoms with van der Waals surface area (Å²) in [7, 11) is 0. The molecule has 2 N–H and O–H groups in total. The Bertz CT molecular complexity index is 892. The van der Waals surface area contributed by atoms with Gasteiger partial charge in [0.15, 0.2) is 0 Å². The van der Waals surface area contributed by atoms with Crippen LogP contribution in [0.1, 0.15) is 18.5 Å². The summed E-state index contributed by atoms with van der Waals surface area (Å²) >= 11 is 7.28. The molecule has 172 valence electrons. The summed E-state index contributed by atoms with van der Waals surface area (Å²) in [5.41, 5.74) is 1.60. The number of hydrogen-bond acceptors (Lipinski definition) is 5. The lowest BCUT2D eigenvalue weighted by Gasteiger charge is -2.35. The Balaban J connectivity index is 1.50. The van der Waals surface area contributed by atoms with Crippen molar-refractivity contribution in [3.05, 3.63) is 64.9 Å². The molecule has 0 aromatic heterocycles. The number of hydrogen-bond donors (Lipinski definition) is 2. The van der Waals surface area contributed by atoms with Crippen molar-refractivity contribution in [1.82, 2.24) is 10.2 Å². The van der Waals surface area contributed by atoms with Crippen molar-refractivity contribution in [3.63, 3.8) is 0 Å². The average molecular weight is 480 g/mol. The zero-order chi connectivity index (χ0) is 22.9. The first-order chi connectivity index (χ1) is 15.4. The Labute approximate surface area is 196 Å². The van der Waals surface area contributed by atoms with Crippen LogP contribution in [0.5, 0.6) is 0 Å². The van der Waals surface area contributed by atoms with Crippen molar-refractivity contribution in [2.75, 3.05) is 43.9 Å². The van der Waals surface area contributed by atoms with Gasteiger partial charge in [0.05, 0.1) is 30.3 Å². The van der Waals surface area contributed by atoms with Crippen LogP contribution in [-0.4, -0.2) is 60.6 Å². The zero-order valence-electron chi connectivity index (χ0n) is 17.9. The van der Waals surface area contributed by atoms with Gasteiger partial charge in [0.1, 0.15) is 5.82 Å². The lowest BCUT2D eigenvalue weighted by atomic mass is 10.0. The van der Waals surface area contributed by atoms with E-state index >= 15 is 0 Å². The number of amides is 2. The van der Waals surface area contributed by atoms with Gasteiger partial charge in [-0.25, -0.2) is 4.39 Å². The molecule has 0 spiro atoms. The van der Waals surface area contributed by atoms with Crippen LogP contribution in [0, 0.1) is 5.82 Å². The van der Waals surface area contributed by atoms with Crippen molar-refractivity contribution in [2.45, 2.75) is 18.2 Å². The molecule has 6 nitrogen and oxygen atoms in total. The van der Waals surface area contributed by atoms with E-state index in [0.29, 0.717) is 30.5 Å². The molecule has 9 heteroatoms. The highest BCUT2D eigenvalue weighted by molar-refractivity contribution is 8.01. The molecule has 1 aliphatic heterocycles. The Kier molecular flexibility index (Phi) is 9.35. The van der Waals surface area contributed by atoms with E-state index in [4.69, 9.17) is 16.3 Å². The molecule has 0 bridgehead atoms. The van der Waals surface area contributed by atoms with Crippen LogP contribution in [0.2, 0.25) is 5.02 Å². The fraction of sp³-hybridized carbons (Fsp3) is 0.391. The largest absolute Gasteiger partial charge is 0.379 e. The predicted octanol–water partition coefficient (Wildman–Crippen LogP) is 3.73. The summed E-state index contributed by atoms with van der Waals surface area (Å²) in [5.74, 6) is -0.613. The third-order valence-corrected chi connectivity index (χ3v) is 6.57. The number of carbonyl (C=O) groups excluding carboxylic acids is 2. The minimum Gasteiger partial charge on any atom is -0.379 e. The van der Waals surface area contributed by atoms with Crippen molar-refractivity contribution in [2.24, 2.45) is 0 Å². The summed E-state index contributed by atoms with van der Waals surface area (Å²) in [5, 5.41) is 5.99. The predicted molar refractivity (Wildman–Crippen MR) is 127 cm³/mol. The Morgan fingerprint density at radius 3 is 2.44 bits per heavy atom. The standard InChI is InChI=1S/C23H27ClFN3O3S/c1-16(32-15-22(29)27-20-8-6-19(25)7-9-20)23(30)26-14-21(28-10-12-31-13-11-28)17-2-4-18(24)5-3-17/h2-9,16,21H,10-15H2,1H3,(H,26,30)(H,27,29). The molecule has 0 aliphatic carbocycles. The van der Waals surface area contributed by atoms with Gasteiger partial charge < -0.3 is 15.4 Å². The van der Waals surface area contributed by atoms with Gasteiger partial charge in [-0.2, -0.15) is 0 Å². The van der Waals surface area contributed by atoms with Crippen LogP contribution in [-0.2, 0) is 14.3 Å². The maximum absolute atomic E-state index is 13.0. The first-order valence-corrected chi connectivity index (χ1v) is 11.9. The zero-order valence-corrected chi connectivity index (χ0v) is 19.4. The first-order valence-electron chi connectivity index (χ1n) is 10.4. The van der Waals surface area contributed by atoms with Gasteiger partial charge >= 0.3 is 0 Å². The van der Waals surface area contributed by atoms with Gasteiger partial charge in [-0.15, -0.1) is 11.8 Å². The highest BCUT2D eigenvalue weighted by Crippen LogP contribution is 2.23. The Hall–Kier alpha value is -2.13. The van der Waals surface area contributed by atoms with E-state index in [1.807, 2.05) is 24.3 Å². The van der Waals surface area contributed by atoms with Gasteiger partial charge in [0.2, 0.25) is 11.8 Å². The van der Waals surface area contributed by atoms with E-state index in [1.54, 1.807) is 6.92 Å². The van der Waals surface area contributed by atoms with Crippen LogP contribution >= 0.6 is 23.4 Å². The summed E-state index contributed by atoms with van der Waals surface area (Å²) in [4.78, 5) is 27.1. The maximum Gasteiger partial charge on any atom is 0.234 e. The first kappa shape index (κ1) is 24.5. The summed E-state index contributed by atoms with van der Waals surface area (Å²) < 4.78 is 18.4. The topological polar surface area (TPSA) is 70.7 Å². The van der Waals surface area contributed by atoms with E-state index in [1.165, 1.54) is 36.0 Å². The van der Waals surface area contributed by atoms with Crippen molar-refractivity contribution < 1.29 is 18.7 Å². The number of nitrogens with zero attached hydrogens (tertiary/aromatic N) is 1. The number of rotatable bonds is 9. The number of nitrogens with one attached hydrogen (secondary N) is 2. The van der Waals surface area contributed by atoms with Gasteiger partial charge in [-0.05, 0) is 48.9 Å². The lowest BCUT2D eigenvalue weighted by Crippen LogP contribution is -2.45. The summed E-state index contributed by atoms with van der Waals surface area (Å²) in [6.07, 6.45) is 0. The highest BCUT2D eigenvalue weighted by atomic mass is 35.5. The number of morpholine rings is 1. The quantitative estimate of drug-likeness (QED) is 0.573.